The van der Waals surface area contributed by atoms with Crippen molar-refractivity contribution in [3.63, 3.8) is 0 Å². The molecule has 0 aliphatic rings. The van der Waals surface area contributed by atoms with Gasteiger partial charge in [-0.25, -0.2) is 0 Å². The van der Waals surface area contributed by atoms with Crippen LogP contribution >= 0.6 is 23.4 Å². The van der Waals surface area contributed by atoms with Crippen LogP contribution in [0.25, 0.3) is 11.4 Å². The number of halogens is 1. The zero-order valence-electron chi connectivity index (χ0n) is 14.1. The Morgan fingerprint density at radius 2 is 1.76 bits per heavy atom. The molecule has 0 saturated heterocycles. The van der Waals surface area contributed by atoms with E-state index in [1.807, 2.05) is 23.6 Å². The molecular formula is C19H18ClN3OS. The predicted molar refractivity (Wildman–Crippen MR) is 102 cm³/mol. The summed E-state index contributed by atoms with van der Waals surface area (Å²) in [4.78, 5) is 12.3. The number of hydrogen-bond acceptors (Lipinski definition) is 4. The van der Waals surface area contributed by atoms with Crippen molar-refractivity contribution in [2.45, 2.75) is 25.5 Å². The van der Waals surface area contributed by atoms with E-state index in [4.69, 9.17) is 11.6 Å². The molecule has 0 unspecified atom stereocenters. The van der Waals surface area contributed by atoms with E-state index < -0.39 is 0 Å². The summed E-state index contributed by atoms with van der Waals surface area (Å²) in [6.45, 7) is 4.85. The van der Waals surface area contributed by atoms with E-state index in [0.717, 1.165) is 23.1 Å². The molecular weight excluding hydrogens is 354 g/mol. The van der Waals surface area contributed by atoms with Crippen molar-refractivity contribution >= 4 is 29.1 Å². The molecule has 4 nitrogen and oxygen atoms in total. The van der Waals surface area contributed by atoms with Crippen molar-refractivity contribution in [2.24, 2.45) is 0 Å². The van der Waals surface area contributed by atoms with Gasteiger partial charge in [0.15, 0.2) is 16.8 Å². The molecule has 25 heavy (non-hydrogen) atoms. The molecule has 0 atom stereocenters. The number of hydrogen-bond donors (Lipinski definition) is 0. The molecule has 0 spiro atoms. The Morgan fingerprint density at radius 1 is 1.08 bits per heavy atom. The summed E-state index contributed by atoms with van der Waals surface area (Å²) in [6.07, 6.45) is 0. The molecule has 0 aliphatic heterocycles. The molecule has 2 aromatic carbocycles. The second-order valence-corrected chi connectivity index (χ2v) is 7.01. The second kappa shape index (κ2) is 7.85. The number of Topliss-reactive ketones (excluding diaryl/α,β-unsaturated/α-hetero) is 1. The van der Waals surface area contributed by atoms with Crippen molar-refractivity contribution in [1.82, 2.24) is 14.8 Å². The highest BCUT2D eigenvalue weighted by Crippen LogP contribution is 2.25. The summed E-state index contributed by atoms with van der Waals surface area (Å²) in [5.74, 6) is 1.18. The largest absolute Gasteiger partial charge is 0.302 e. The first kappa shape index (κ1) is 17.7. The second-order valence-electron chi connectivity index (χ2n) is 5.64. The van der Waals surface area contributed by atoms with Gasteiger partial charge in [0.25, 0.3) is 0 Å². The van der Waals surface area contributed by atoms with Gasteiger partial charge >= 0.3 is 0 Å². The molecule has 3 rings (SSSR count). The van der Waals surface area contributed by atoms with Crippen molar-refractivity contribution in [2.75, 3.05) is 5.75 Å². The number of thioether (sulfide) groups is 1. The van der Waals surface area contributed by atoms with Crippen LogP contribution in [0.3, 0.4) is 0 Å². The van der Waals surface area contributed by atoms with Gasteiger partial charge in [0.1, 0.15) is 0 Å². The van der Waals surface area contributed by atoms with Gasteiger partial charge in [-0.05, 0) is 38.1 Å². The van der Waals surface area contributed by atoms with Gasteiger partial charge in [-0.2, -0.15) is 0 Å². The van der Waals surface area contributed by atoms with Gasteiger partial charge in [-0.3, -0.25) is 4.79 Å². The fourth-order valence-corrected chi connectivity index (χ4v) is 3.47. The first-order valence-electron chi connectivity index (χ1n) is 8.00. The Bertz CT molecular complexity index is 873. The minimum absolute atomic E-state index is 0.0456. The molecule has 3 aromatic rings. The third-order valence-corrected chi connectivity index (χ3v) is 5.06. The number of carbonyl (C=O) groups is 1. The van der Waals surface area contributed by atoms with Crippen LogP contribution in [-0.2, 0) is 6.54 Å². The van der Waals surface area contributed by atoms with E-state index in [2.05, 4.69) is 29.3 Å². The van der Waals surface area contributed by atoms with E-state index in [1.165, 1.54) is 17.3 Å². The molecule has 1 aromatic heterocycles. The maximum Gasteiger partial charge on any atom is 0.191 e. The summed E-state index contributed by atoms with van der Waals surface area (Å²) < 4.78 is 2.03. The predicted octanol–water partition coefficient (Wildman–Crippen LogP) is 4.90. The summed E-state index contributed by atoms with van der Waals surface area (Å²) >= 11 is 7.27. The lowest BCUT2D eigenvalue weighted by atomic mass is 10.1. The first-order chi connectivity index (χ1) is 12.1. The number of carbonyl (C=O) groups excluding carboxylic acids is 1. The highest BCUT2D eigenvalue weighted by molar-refractivity contribution is 7.99. The Balaban J connectivity index is 1.76. The molecule has 0 fully saturated rings. The SMILES string of the molecule is CCn1c(SCC(=O)c2ccc(Cl)cc2)nnc1-c1ccc(C)cc1. The minimum Gasteiger partial charge on any atom is -0.302 e. The highest BCUT2D eigenvalue weighted by Gasteiger charge is 2.15. The molecule has 6 heteroatoms. The number of nitrogens with zero attached hydrogens (tertiary/aromatic N) is 3. The third kappa shape index (κ3) is 4.11. The fraction of sp³-hybridized carbons (Fsp3) is 0.211. The standard InChI is InChI=1S/C19H18ClN3OS/c1-3-23-18(15-6-4-13(2)5-7-15)21-22-19(23)25-12-17(24)14-8-10-16(20)11-9-14/h4-11H,3,12H2,1-2H3. The van der Waals surface area contributed by atoms with Crippen LogP contribution in [0.15, 0.2) is 53.7 Å². The molecule has 0 bridgehead atoms. The van der Waals surface area contributed by atoms with Gasteiger partial charge in [0, 0.05) is 22.7 Å². The van der Waals surface area contributed by atoms with Crippen molar-refractivity contribution in [3.8, 4) is 11.4 Å². The lowest BCUT2D eigenvalue weighted by Crippen LogP contribution is -2.05. The van der Waals surface area contributed by atoms with Crippen LogP contribution in [0.1, 0.15) is 22.8 Å². The van der Waals surface area contributed by atoms with Crippen LogP contribution < -0.4 is 0 Å². The van der Waals surface area contributed by atoms with Crippen LogP contribution in [-0.4, -0.2) is 26.3 Å². The molecule has 0 amide bonds. The molecule has 0 radical (unpaired) electrons. The monoisotopic (exact) mass is 371 g/mol. The lowest BCUT2D eigenvalue weighted by Gasteiger charge is -2.07. The fourth-order valence-electron chi connectivity index (χ4n) is 2.45. The summed E-state index contributed by atoms with van der Waals surface area (Å²) in [5.41, 5.74) is 2.88. The van der Waals surface area contributed by atoms with Crippen LogP contribution in [0.5, 0.6) is 0 Å². The van der Waals surface area contributed by atoms with Crippen LogP contribution in [0.2, 0.25) is 5.02 Å². The molecule has 1 heterocycles. The van der Waals surface area contributed by atoms with Gasteiger partial charge < -0.3 is 4.57 Å². The Morgan fingerprint density at radius 3 is 2.40 bits per heavy atom. The molecule has 0 N–H and O–H groups in total. The summed E-state index contributed by atoms with van der Waals surface area (Å²) in [6, 6.07) is 15.1. The number of rotatable bonds is 6. The van der Waals surface area contributed by atoms with Gasteiger partial charge in [-0.1, -0.05) is 53.2 Å². The zero-order valence-corrected chi connectivity index (χ0v) is 15.6. The third-order valence-electron chi connectivity index (χ3n) is 3.84. The number of ketones is 1. The Hall–Kier alpha value is -2.11. The Labute approximate surface area is 156 Å². The molecule has 0 saturated carbocycles. The van der Waals surface area contributed by atoms with E-state index in [0.29, 0.717) is 16.3 Å². The van der Waals surface area contributed by atoms with Gasteiger partial charge in [0.2, 0.25) is 0 Å². The van der Waals surface area contributed by atoms with Crippen molar-refractivity contribution < 1.29 is 4.79 Å². The van der Waals surface area contributed by atoms with E-state index in [1.54, 1.807) is 24.3 Å². The van der Waals surface area contributed by atoms with Crippen molar-refractivity contribution in [3.05, 3.63) is 64.7 Å². The van der Waals surface area contributed by atoms with E-state index in [-0.39, 0.29) is 5.78 Å². The smallest absolute Gasteiger partial charge is 0.191 e. The molecule has 0 aliphatic carbocycles. The quantitative estimate of drug-likeness (QED) is 0.456. The average Bonchev–Trinajstić information content (AvgIpc) is 3.04. The van der Waals surface area contributed by atoms with E-state index in [9.17, 15) is 4.79 Å². The Kier molecular flexibility index (Phi) is 5.56. The maximum absolute atomic E-state index is 12.3. The number of aromatic nitrogens is 3. The minimum atomic E-state index is 0.0456. The van der Waals surface area contributed by atoms with Crippen LogP contribution in [0.4, 0.5) is 0 Å². The maximum atomic E-state index is 12.3. The first-order valence-corrected chi connectivity index (χ1v) is 9.36. The topological polar surface area (TPSA) is 47.8 Å². The lowest BCUT2D eigenvalue weighted by molar-refractivity contribution is 0.102. The van der Waals surface area contributed by atoms with Crippen molar-refractivity contribution in [1.29, 1.82) is 0 Å². The summed E-state index contributed by atoms with van der Waals surface area (Å²) in [7, 11) is 0. The van der Waals surface area contributed by atoms with Gasteiger partial charge in [-0.15, -0.1) is 10.2 Å². The number of benzene rings is 2. The zero-order chi connectivity index (χ0) is 17.8. The normalized spacial score (nSPS) is 10.8. The average molecular weight is 372 g/mol. The molecule has 128 valence electrons. The van der Waals surface area contributed by atoms with Gasteiger partial charge in [0.05, 0.1) is 5.75 Å². The van der Waals surface area contributed by atoms with E-state index >= 15 is 0 Å². The highest BCUT2D eigenvalue weighted by atomic mass is 35.5. The summed E-state index contributed by atoms with van der Waals surface area (Å²) in [5, 5.41) is 9.95. The van der Waals surface area contributed by atoms with Crippen LogP contribution in [0, 0.1) is 6.92 Å². The number of aryl methyl sites for hydroxylation is 1.